The third-order valence-electron chi connectivity index (χ3n) is 4.17. The van der Waals surface area contributed by atoms with Gasteiger partial charge in [0.15, 0.2) is 5.65 Å². The molecule has 0 aliphatic rings. The maximum atomic E-state index is 12.2. The summed E-state index contributed by atoms with van der Waals surface area (Å²) in [5.74, 6) is -0.231. The molecule has 2 N–H and O–H groups in total. The Labute approximate surface area is 142 Å². The molecule has 0 bridgehead atoms. The Morgan fingerprint density at radius 2 is 2.00 bits per heavy atom. The van der Waals surface area contributed by atoms with Gasteiger partial charge in [-0.15, -0.1) is 5.10 Å². The molecule has 4 aromatic rings. The number of H-pyrrole nitrogens is 1. The molecule has 25 heavy (non-hydrogen) atoms. The van der Waals surface area contributed by atoms with E-state index in [1.807, 2.05) is 24.4 Å². The number of pyridine rings is 1. The van der Waals surface area contributed by atoms with Gasteiger partial charge in [0.25, 0.3) is 0 Å². The van der Waals surface area contributed by atoms with Crippen molar-refractivity contribution in [3.05, 3.63) is 70.9 Å². The highest BCUT2D eigenvalue weighted by atomic mass is 16.2. The lowest BCUT2D eigenvalue weighted by Crippen LogP contribution is -2.33. The van der Waals surface area contributed by atoms with Crippen LogP contribution in [0.4, 0.5) is 0 Å². The molecule has 4 rings (SSSR count). The van der Waals surface area contributed by atoms with E-state index in [1.165, 1.54) is 9.08 Å². The van der Waals surface area contributed by atoms with Crippen LogP contribution >= 0.6 is 0 Å². The van der Waals surface area contributed by atoms with Crippen molar-refractivity contribution in [3.63, 3.8) is 0 Å². The fraction of sp³-hybridized carbons (Fsp3) is 0.167. The quantitative estimate of drug-likeness (QED) is 0.577. The Morgan fingerprint density at radius 1 is 1.16 bits per heavy atom. The second kappa shape index (κ2) is 6.27. The maximum Gasteiger partial charge on any atom is 0.350 e. The summed E-state index contributed by atoms with van der Waals surface area (Å²) in [5.41, 5.74) is 2.45. The van der Waals surface area contributed by atoms with Crippen molar-refractivity contribution in [1.82, 2.24) is 24.5 Å². The molecular formula is C18H17N5O2. The molecule has 0 saturated carbocycles. The van der Waals surface area contributed by atoms with Crippen molar-refractivity contribution in [1.29, 1.82) is 0 Å². The first-order valence-electron chi connectivity index (χ1n) is 8.08. The van der Waals surface area contributed by atoms with Crippen molar-refractivity contribution in [3.8, 4) is 0 Å². The minimum Gasteiger partial charge on any atom is -0.361 e. The van der Waals surface area contributed by atoms with Crippen LogP contribution in [0.3, 0.4) is 0 Å². The number of benzene rings is 1. The van der Waals surface area contributed by atoms with E-state index in [-0.39, 0.29) is 18.1 Å². The molecule has 0 fully saturated rings. The second-order valence-corrected chi connectivity index (χ2v) is 5.83. The number of carbonyl (C=O) groups excluding carboxylic acids is 1. The summed E-state index contributed by atoms with van der Waals surface area (Å²) >= 11 is 0. The lowest BCUT2D eigenvalue weighted by molar-refractivity contribution is -0.121. The third kappa shape index (κ3) is 2.91. The zero-order chi connectivity index (χ0) is 17.2. The first kappa shape index (κ1) is 15.2. The molecule has 3 heterocycles. The zero-order valence-corrected chi connectivity index (χ0v) is 13.5. The summed E-state index contributed by atoms with van der Waals surface area (Å²) in [6.45, 7) is 0.414. The molecule has 126 valence electrons. The fourth-order valence-corrected chi connectivity index (χ4v) is 2.94. The second-order valence-electron chi connectivity index (χ2n) is 5.83. The summed E-state index contributed by atoms with van der Waals surface area (Å²) < 4.78 is 2.59. The summed E-state index contributed by atoms with van der Waals surface area (Å²) in [6.07, 6.45) is 4.31. The number of hydrogen-bond donors (Lipinski definition) is 2. The maximum absolute atomic E-state index is 12.2. The van der Waals surface area contributed by atoms with Gasteiger partial charge in [0.05, 0.1) is 0 Å². The van der Waals surface area contributed by atoms with E-state index in [2.05, 4.69) is 21.5 Å². The molecule has 0 unspecified atom stereocenters. The van der Waals surface area contributed by atoms with E-state index >= 15 is 0 Å². The van der Waals surface area contributed by atoms with Gasteiger partial charge in [0, 0.05) is 29.8 Å². The van der Waals surface area contributed by atoms with Gasteiger partial charge in [-0.2, -0.15) is 0 Å². The Balaban J connectivity index is 1.39. The zero-order valence-electron chi connectivity index (χ0n) is 13.5. The first-order valence-corrected chi connectivity index (χ1v) is 8.08. The number of para-hydroxylation sites is 1. The van der Waals surface area contributed by atoms with Gasteiger partial charge < -0.3 is 10.3 Å². The van der Waals surface area contributed by atoms with Crippen LogP contribution in [0.15, 0.2) is 59.7 Å². The number of amides is 1. The van der Waals surface area contributed by atoms with Crippen LogP contribution in [-0.2, 0) is 17.8 Å². The lowest BCUT2D eigenvalue weighted by Gasteiger charge is -2.04. The number of hydrogen-bond acceptors (Lipinski definition) is 3. The van der Waals surface area contributed by atoms with Gasteiger partial charge in [-0.25, -0.2) is 9.48 Å². The van der Waals surface area contributed by atoms with Gasteiger partial charge >= 0.3 is 5.69 Å². The van der Waals surface area contributed by atoms with E-state index in [1.54, 1.807) is 24.4 Å². The number of carbonyl (C=O) groups is 1. The normalized spacial score (nSPS) is 11.2. The predicted octanol–water partition coefficient (Wildman–Crippen LogP) is 1.34. The van der Waals surface area contributed by atoms with Gasteiger partial charge in [-0.05, 0) is 30.2 Å². The Bertz CT molecular complexity index is 1110. The van der Waals surface area contributed by atoms with Gasteiger partial charge in [0.2, 0.25) is 5.91 Å². The van der Waals surface area contributed by atoms with Gasteiger partial charge in [0.1, 0.15) is 6.54 Å². The van der Waals surface area contributed by atoms with Crippen LogP contribution in [0, 0.1) is 0 Å². The van der Waals surface area contributed by atoms with Crippen LogP contribution in [0.2, 0.25) is 0 Å². The van der Waals surface area contributed by atoms with Crippen molar-refractivity contribution < 1.29 is 4.79 Å². The molecule has 0 atom stereocenters. The smallest absolute Gasteiger partial charge is 0.350 e. The number of rotatable bonds is 5. The molecular weight excluding hydrogens is 318 g/mol. The standard InChI is InChI=1S/C18H17N5O2/c24-17(12-23-18(25)22-10-4-3-7-16(22)21-23)19-9-8-13-11-20-15-6-2-1-5-14(13)15/h1-7,10-11,20H,8-9,12H2,(H,19,24). The SMILES string of the molecule is O=C(Cn1nc2ccccn2c1=O)NCCc1c[nH]c2ccccc12. The number of nitrogens with zero attached hydrogens (tertiary/aromatic N) is 3. The molecule has 0 saturated heterocycles. The van der Waals surface area contributed by atoms with Gasteiger partial charge in [-0.1, -0.05) is 24.3 Å². The number of aromatic amines is 1. The number of nitrogens with one attached hydrogen (secondary N) is 2. The van der Waals surface area contributed by atoms with Crippen molar-refractivity contribution in [2.75, 3.05) is 6.54 Å². The lowest BCUT2D eigenvalue weighted by atomic mass is 10.1. The summed E-state index contributed by atoms with van der Waals surface area (Å²) in [4.78, 5) is 27.5. The van der Waals surface area contributed by atoms with Crippen molar-refractivity contribution in [2.24, 2.45) is 0 Å². The third-order valence-corrected chi connectivity index (χ3v) is 4.17. The molecule has 7 heteroatoms. The van der Waals surface area contributed by atoms with Crippen LogP contribution < -0.4 is 11.0 Å². The molecule has 0 aliphatic carbocycles. The molecule has 3 aromatic heterocycles. The van der Waals surface area contributed by atoms with E-state index < -0.39 is 0 Å². The summed E-state index contributed by atoms with van der Waals surface area (Å²) in [5, 5.41) is 8.16. The Hall–Kier alpha value is -3.35. The topological polar surface area (TPSA) is 84.2 Å². The van der Waals surface area contributed by atoms with Crippen LogP contribution in [-0.4, -0.2) is 31.6 Å². The highest BCUT2D eigenvalue weighted by molar-refractivity contribution is 5.83. The van der Waals surface area contributed by atoms with E-state index in [9.17, 15) is 9.59 Å². The Morgan fingerprint density at radius 3 is 2.88 bits per heavy atom. The molecule has 0 aliphatic heterocycles. The average Bonchev–Trinajstić information content (AvgIpc) is 3.17. The fourth-order valence-electron chi connectivity index (χ4n) is 2.94. The average molecular weight is 335 g/mol. The molecule has 1 amide bonds. The highest BCUT2D eigenvalue weighted by Gasteiger charge is 2.10. The minimum absolute atomic E-state index is 0.0889. The summed E-state index contributed by atoms with van der Waals surface area (Å²) in [7, 11) is 0. The molecule has 1 aromatic carbocycles. The minimum atomic E-state index is -0.317. The van der Waals surface area contributed by atoms with Crippen molar-refractivity contribution in [2.45, 2.75) is 13.0 Å². The molecule has 7 nitrogen and oxygen atoms in total. The number of fused-ring (bicyclic) bond motifs is 2. The van der Waals surface area contributed by atoms with E-state index in [0.717, 1.165) is 22.9 Å². The highest BCUT2D eigenvalue weighted by Crippen LogP contribution is 2.17. The first-order chi connectivity index (χ1) is 12.2. The Kier molecular flexibility index (Phi) is 3.81. The van der Waals surface area contributed by atoms with E-state index in [4.69, 9.17) is 0 Å². The molecule has 0 radical (unpaired) electrons. The van der Waals surface area contributed by atoms with Crippen LogP contribution in [0.5, 0.6) is 0 Å². The van der Waals surface area contributed by atoms with Crippen molar-refractivity contribution >= 4 is 22.5 Å². The van der Waals surface area contributed by atoms with Gasteiger partial charge in [-0.3, -0.25) is 9.20 Å². The van der Waals surface area contributed by atoms with Crippen LogP contribution in [0.25, 0.3) is 16.6 Å². The van der Waals surface area contributed by atoms with E-state index in [0.29, 0.717) is 12.2 Å². The molecule has 0 spiro atoms. The largest absolute Gasteiger partial charge is 0.361 e. The van der Waals surface area contributed by atoms with Crippen LogP contribution in [0.1, 0.15) is 5.56 Å². The monoisotopic (exact) mass is 335 g/mol. The summed E-state index contributed by atoms with van der Waals surface area (Å²) in [6, 6.07) is 13.3. The predicted molar refractivity (Wildman–Crippen MR) is 94.5 cm³/mol. The number of aromatic nitrogens is 4.